The summed E-state index contributed by atoms with van der Waals surface area (Å²) in [5.74, 6) is -0.537. The van der Waals surface area contributed by atoms with E-state index < -0.39 is 12.1 Å². The van der Waals surface area contributed by atoms with Gasteiger partial charge in [-0.1, -0.05) is 11.6 Å². The molecule has 8 heteroatoms. The normalized spacial score (nSPS) is 10.6. The van der Waals surface area contributed by atoms with Gasteiger partial charge in [-0.2, -0.15) is 0 Å². The van der Waals surface area contributed by atoms with Crippen molar-refractivity contribution in [2.45, 2.75) is 6.54 Å². The van der Waals surface area contributed by atoms with E-state index in [0.717, 1.165) is 6.26 Å². The summed E-state index contributed by atoms with van der Waals surface area (Å²) < 4.78 is 19.3. The summed E-state index contributed by atoms with van der Waals surface area (Å²) in [5.41, 5.74) is 0.545. The Morgan fingerprint density at radius 1 is 1.23 bits per heavy atom. The number of carbonyl (C=O) groups excluding carboxylic acids is 2. The fourth-order valence-electron chi connectivity index (χ4n) is 1.47. The van der Waals surface area contributed by atoms with Gasteiger partial charge in [0.25, 0.3) is 0 Å². The Morgan fingerprint density at radius 3 is 2.55 bits per heavy atom. The molecule has 22 heavy (non-hydrogen) atoms. The molecule has 0 heterocycles. The van der Waals surface area contributed by atoms with E-state index in [1.54, 1.807) is 18.2 Å². The standard InChI is InChI=1S/C14H16ClNO6/c1-19-8-12(13(17)20-2)22-11-5-4-10(15)6-9(11)7-16-14(18)21-3/h4-6,8H,7H2,1-3H3,(H,16,18). The van der Waals surface area contributed by atoms with Crippen molar-refractivity contribution in [3.8, 4) is 5.75 Å². The third-order valence-electron chi connectivity index (χ3n) is 2.46. The minimum Gasteiger partial charge on any atom is -0.500 e. The first-order valence-electron chi connectivity index (χ1n) is 6.11. The Kier molecular flexibility index (Phi) is 7.04. The summed E-state index contributed by atoms with van der Waals surface area (Å²) in [6, 6.07) is 4.73. The zero-order chi connectivity index (χ0) is 16.5. The predicted octanol–water partition coefficient (Wildman–Crippen LogP) is 2.24. The van der Waals surface area contributed by atoms with E-state index in [0.29, 0.717) is 16.3 Å². The number of halogens is 1. The highest BCUT2D eigenvalue weighted by molar-refractivity contribution is 6.30. The van der Waals surface area contributed by atoms with E-state index >= 15 is 0 Å². The topological polar surface area (TPSA) is 83.1 Å². The maximum absolute atomic E-state index is 11.6. The Labute approximate surface area is 132 Å². The number of alkyl carbamates (subject to hydrolysis) is 1. The summed E-state index contributed by atoms with van der Waals surface area (Å²) in [6.45, 7) is 0.101. The van der Waals surface area contributed by atoms with Gasteiger partial charge in [0.05, 0.1) is 21.3 Å². The van der Waals surface area contributed by atoms with Crippen molar-refractivity contribution >= 4 is 23.7 Å². The first kappa shape index (κ1) is 17.6. The SMILES string of the molecule is COC=C(Oc1ccc(Cl)cc1CNC(=O)OC)C(=O)OC. The van der Waals surface area contributed by atoms with Crippen LogP contribution in [-0.4, -0.2) is 33.4 Å². The third-order valence-corrected chi connectivity index (χ3v) is 2.70. The van der Waals surface area contributed by atoms with Crippen LogP contribution in [0.2, 0.25) is 5.02 Å². The first-order chi connectivity index (χ1) is 10.5. The number of hydrogen-bond acceptors (Lipinski definition) is 6. The largest absolute Gasteiger partial charge is 0.500 e. The molecule has 0 aliphatic heterocycles. The van der Waals surface area contributed by atoms with Crippen molar-refractivity contribution in [1.29, 1.82) is 0 Å². The van der Waals surface area contributed by atoms with E-state index in [4.69, 9.17) is 21.1 Å². The van der Waals surface area contributed by atoms with Gasteiger partial charge in [0.1, 0.15) is 12.0 Å². The predicted molar refractivity (Wildman–Crippen MR) is 78.4 cm³/mol. The van der Waals surface area contributed by atoms with Crippen LogP contribution in [0.15, 0.2) is 30.2 Å². The van der Waals surface area contributed by atoms with Crippen LogP contribution in [0, 0.1) is 0 Å². The molecule has 0 saturated heterocycles. The Balaban J connectivity index is 2.99. The molecule has 0 aliphatic rings. The number of carbonyl (C=O) groups is 2. The first-order valence-corrected chi connectivity index (χ1v) is 6.49. The fourth-order valence-corrected chi connectivity index (χ4v) is 1.66. The molecule has 1 aromatic rings. The average molecular weight is 330 g/mol. The van der Waals surface area contributed by atoms with Crippen molar-refractivity contribution in [3.05, 3.63) is 40.8 Å². The lowest BCUT2D eigenvalue weighted by Gasteiger charge is -2.13. The van der Waals surface area contributed by atoms with E-state index in [1.807, 2.05) is 0 Å². The molecule has 120 valence electrons. The lowest BCUT2D eigenvalue weighted by Crippen LogP contribution is -2.23. The monoisotopic (exact) mass is 329 g/mol. The van der Waals surface area contributed by atoms with Gasteiger partial charge in [-0.3, -0.25) is 0 Å². The second-order valence-corrected chi connectivity index (χ2v) is 4.35. The summed E-state index contributed by atoms with van der Waals surface area (Å²) in [6.07, 6.45) is 0.504. The van der Waals surface area contributed by atoms with Crippen LogP contribution >= 0.6 is 11.6 Å². The summed E-state index contributed by atoms with van der Waals surface area (Å²) >= 11 is 5.92. The van der Waals surface area contributed by atoms with Crippen molar-refractivity contribution in [2.24, 2.45) is 0 Å². The van der Waals surface area contributed by atoms with Crippen LogP contribution in [0.5, 0.6) is 5.75 Å². The molecule has 0 aromatic heterocycles. The number of hydrogen-bond donors (Lipinski definition) is 1. The Bertz CT molecular complexity index is 572. The molecule has 0 radical (unpaired) electrons. The number of rotatable bonds is 6. The molecule has 0 aliphatic carbocycles. The van der Waals surface area contributed by atoms with Gasteiger partial charge in [0.15, 0.2) is 0 Å². The van der Waals surface area contributed by atoms with Gasteiger partial charge in [-0.05, 0) is 18.2 Å². The van der Waals surface area contributed by atoms with E-state index in [-0.39, 0.29) is 12.3 Å². The molecule has 1 aromatic carbocycles. The van der Waals surface area contributed by atoms with E-state index in [9.17, 15) is 9.59 Å². The van der Waals surface area contributed by atoms with Crippen LogP contribution in [0.25, 0.3) is 0 Å². The Hall–Kier alpha value is -2.41. The highest BCUT2D eigenvalue weighted by Gasteiger charge is 2.16. The summed E-state index contributed by atoms with van der Waals surface area (Å²) in [4.78, 5) is 22.7. The molecular weight excluding hydrogens is 314 g/mol. The van der Waals surface area contributed by atoms with E-state index in [1.165, 1.54) is 21.3 Å². The molecule has 7 nitrogen and oxygen atoms in total. The van der Waals surface area contributed by atoms with Gasteiger partial charge in [0, 0.05) is 17.1 Å². The third kappa shape index (κ3) is 5.17. The zero-order valence-corrected chi connectivity index (χ0v) is 13.1. The van der Waals surface area contributed by atoms with Gasteiger partial charge in [0.2, 0.25) is 5.76 Å². The fraction of sp³-hybridized carbons (Fsp3) is 0.286. The second kappa shape index (κ2) is 8.78. The number of methoxy groups -OCH3 is 3. The smallest absolute Gasteiger partial charge is 0.407 e. The van der Waals surface area contributed by atoms with Crippen LogP contribution in [0.3, 0.4) is 0 Å². The van der Waals surface area contributed by atoms with Gasteiger partial charge in [-0.15, -0.1) is 0 Å². The van der Waals surface area contributed by atoms with Crippen molar-refractivity contribution in [1.82, 2.24) is 5.32 Å². The molecule has 1 N–H and O–H groups in total. The zero-order valence-electron chi connectivity index (χ0n) is 12.3. The summed E-state index contributed by atoms with van der Waals surface area (Å²) in [7, 11) is 3.84. The van der Waals surface area contributed by atoms with Crippen LogP contribution in [0.4, 0.5) is 4.79 Å². The molecule has 1 rings (SSSR count). The molecule has 1 amide bonds. The van der Waals surface area contributed by atoms with Crippen molar-refractivity contribution in [3.63, 3.8) is 0 Å². The number of esters is 1. The van der Waals surface area contributed by atoms with Gasteiger partial charge in [-0.25, -0.2) is 9.59 Å². The minimum absolute atomic E-state index is 0.101. The minimum atomic E-state index is -0.705. The van der Waals surface area contributed by atoms with Crippen molar-refractivity contribution < 1.29 is 28.5 Å². The lowest BCUT2D eigenvalue weighted by molar-refractivity contribution is -0.138. The molecule has 0 unspecified atom stereocenters. The number of amides is 1. The summed E-state index contributed by atoms with van der Waals surface area (Å²) in [5, 5.41) is 2.95. The number of nitrogens with one attached hydrogen (secondary N) is 1. The maximum Gasteiger partial charge on any atom is 0.407 e. The molecule has 0 atom stereocenters. The number of ether oxygens (including phenoxy) is 4. The van der Waals surface area contributed by atoms with Crippen LogP contribution < -0.4 is 10.1 Å². The van der Waals surface area contributed by atoms with Gasteiger partial charge < -0.3 is 24.3 Å². The van der Waals surface area contributed by atoms with Gasteiger partial charge >= 0.3 is 12.1 Å². The van der Waals surface area contributed by atoms with Crippen LogP contribution in [-0.2, 0) is 25.5 Å². The quantitative estimate of drug-likeness (QED) is 0.489. The molecule has 0 saturated carbocycles. The molecule has 0 bridgehead atoms. The molecular formula is C14H16ClNO6. The lowest BCUT2D eigenvalue weighted by atomic mass is 10.2. The Morgan fingerprint density at radius 2 is 1.95 bits per heavy atom. The molecule has 0 fully saturated rings. The average Bonchev–Trinajstić information content (AvgIpc) is 2.53. The van der Waals surface area contributed by atoms with Crippen LogP contribution in [0.1, 0.15) is 5.56 Å². The molecule has 0 spiro atoms. The highest BCUT2D eigenvalue weighted by atomic mass is 35.5. The maximum atomic E-state index is 11.6. The second-order valence-electron chi connectivity index (χ2n) is 3.91. The highest BCUT2D eigenvalue weighted by Crippen LogP contribution is 2.25. The number of benzene rings is 1. The van der Waals surface area contributed by atoms with E-state index in [2.05, 4.69) is 14.8 Å². The van der Waals surface area contributed by atoms with Crippen molar-refractivity contribution in [2.75, 3.05) is 21.3 Å².